The van der Waals surface area contributed by atoms with E-state index in [1.165, 1.54) is 41.3 Å². The maximum absolute atomic E-state index is 13.5. The number of hydrogen-bond acceptors (Lipinski definition) is 7. The van der Waals surface area contributed by atoms with Gasteiger partial charge in [-0.05, 0) is 43.7 Å². The summed E-state index contributed by atoms with van der Waals surface area (Å²) >= 11 is 0. The Morgan fingerprint density at radius 3 is 2.71 bits per heavy atom. The number of amides is 3. The van der Waals surface area contributed by atoms with Crippen LogP contribution in [0.3, 0.4) is 0 Å². The van der Waals surface area contributed by atoms with Gasteiger partial charge in [-0.25, -0.2) is 8.78 Å². The van der Waals surface area contributed by atoms with Crippen LogP contribution in [0.4, 0.5) is 8.78 Å². The van der Waals surface area contributed by atoms with Gasteiger partial charge < -0.3 is 34.5 Å². The fourth-order valence-electron chi connectivity index (χ4n) is 4.24. The van der Waals surface area contributed by atoms with Gasteiger partial charge in [0.2, 0.25) is 18.1 Å². The van der Waals surface area contributed by atoms with Crippen LogP contribution >= 0.6 is 0 Å². The zero-order valence-electron chi connectivity index (χ0n) is 20.5. The number of carbonyl (C=O) groups excluding carboxylic acids is 3. The van der Waals surface area contributed by atoms with E-state index < -0.39 is 17.5 Å². The van der Waals surface area contributed by atoms with Crippen molar-refractivity contribution in [3.05, 3.63) is 59.4 Å². The molecule has 0 spiro atoms. The van der Waals surface area contributed by atoms with E-state index in [0.717, 1.165) is 6.42 Å². The van der Waals surface area contributed by atoms with E-state index in [-0.39, 0.29) is 67.1 Å². The minimum Gasteiger partial charge on any atom is -0.507 e. The molecular weight excluding hydrogens is 504 g/mol. The number of halogens is 2. The van der Waals surface area contributed by atoms with Gasteiger partial charge in [-0.15, -0.1) is 0 Å². The third-order valence-corrected chi connectivity index (χ3v) is 6.50. The van der Waals surface area contributed by atoms with Crippen LogP contribution in [0.15, 0.2) is 40.8 Å². The number of aromatic hydroxyl groups is 1. The monoisotopic (exact) mass is 531 g/mol. The topological polar surface area (TPSA) is 133 Å². The van der Waals surface area contributed by atoms with Crippen molar-refractivity contribution < 1.29 is 42.5 Å². The third-order valence-electron chi connectivity index (χ3n) is 6.50. The lowest BCUT2D eigenvalue weighted by Gasteiger charge is -2.41. The molecule has 202 valence electrons. The van der Waals surface area contributed by atoms with Crippen LogP contribution in [0, 0.1) is 11.6 Å². The minimum atomic E-state index is -0.524. The summed E-state index contributed by atoms with van der Waals surface area (Å²) in [5.41, 5.74) is 0.457. The highest BCUT2D eigenvalue weighted by atomic mass is 19.1. The highest BCUT2D eigenvalue weighted by Gasteiger charge is 2.38. The Balaban J connectivity index is 0.000000236. The van der Waals surface area contributed by atoms with Crippen molar-refractivity contribution in [2.24, 2.45) is 0 Å². The number of carbonyl (C=O) groups is 3. The lowest BCUT2D eigenvalue weighted by molar-refractivity contribution is -0.141. The molecule has 2 atom stereocenters. The SMILES string of the molecule is CC1COc2c(oc3ccc(F)cc23)C(=O)N1CC(=O)N1CCC1CO.O=CNCc1c(O)cccc1F. The maximum atomic E-state index is 13.5. The molecule has 1 saturated heterocycles. The average Bonchev–Trinajstić information content (AvgIpc) is 3.17. The highest BCUT2D eigenvalue weighted by molar-refractivity contribution is 6.03. The van der Waals surface area contributed by atoms with Crippen LogP contribution < -0.4 is 10.1 Å². The number of ether oxygens (including phenoxy) is 1. The van der Waals surface area contributed by atoms with E-state index in [0.29, 0.717) is 23.9 Å². The molecule has 2 aliphatic rings. The van der Waals surface area contributed by atoms with Gasteiger partial charge in [0.1, 0.15) is 36.1 Å². The van der Waals surface area contributed by atoms with Crippen molar-refractivity contribution in [2.45, 2.75) is 32.0 Å². The Kier molecular flexibility index (Phi) is 8.10. The standard InChI is InChI=1S/C18H19FN2O5.C8H8FNO2/c1-10-9-25-16-13-6-11(19)2-3-14(13)26-17(16)18(24)21(10)7-15(23)20-5-4-12(20)8-22;9-7-2-1-3-8(12)6(7)4-10-5-11/h2-3,6,10,12,22H,4-5,7-9H2,1H3;1-3,5,12H,4H2,(H,10,11). The molecule has 12 heteroatoms. The van der Waals surface area contributed by atoms with Crippen LogP contribution in [-0.2, 0) is 16.1 Å². The molecular formula is C26H27F2N3O7. The summed E-state index contributed by atoms with van der Waals surface area (Å²) in [6, 6.07) is 7.41. The van der Waals surface area contributed by atoms with Crippen LogP contribution in [0.2, 0.25) is 0 Å². The molecule has 0 bridgehead atoms. The highest BCUT2D eigenvalue weighted by Crippen LogP contribution is 2.36. The Bertz CT molecular complexity index is 1320. The number of likely N-dealkylation sites (tertiary alicyclic amines) is 1. The van der Waals surface area contributed by atoms with Gasteiger partial charge in [-0.1, -0.05) is 6.07 Å². The van der Waals surface area contributed by atoms with E-state index in [1.54, 1.807) is 11.8 Å². The molecule has 0 aliphatic carbocycles. The molecule has 3 aromatic rings. The van der Waals surface area contributed by atoms with Crippen LogP contribution in [0.1, 0.15) is 29.5 Å². The summed E-state index contributed by atoms with van der Waals surface area (Å²) in [5, 5.41) is 21.0. The van der Waals surface area contributed by atoms with Crippen molar-refractivity contribution in [3.8, 4) is 11.5 Å². The molecule has 2 unspecified atom stereocenters. The first-order chi connectivity index (χ1) is 18.2. The third kappa shape index (κ3) is 5.40. The number of nitrogens with one attached hydrogen (secondary N) is 1. The number of nitrogens with zero attached hydrogens (tertiary/aromatic N) is 2. The number of hydrogen-bond donors (Lipinski definition) is 3. The lowest BCUT2D eigenvalue weighted by Crippen LogP contribution is -2.57. The smallest absolute Gasteiger partial charge is 0.294 e. The summed E-state index contributed by atoms with van der Waals surface area (Å²) in [6.45, 7) is 2.32. The second-order valence-electron chi connectivity index (χ2n) is 8.94. The van der Waals surface area contributed by atoms with E-state index in [2.05, 4.69) is 5.32 Å². The molecule has 10 nitrogen and oxygen atoms in total. The zero-order chi connectivity index (χ0) is 27.4. The Morgan fingerprint density at radius 2 is 2.05 bits per heavy atom. The van der Waals surface area contributed by atoms with Gasteiger partial charge in [0, 0.05) is 18.7 Å². The first-order valence-electron chi connectivity index (χ1n) is 11.9. The van der Waals surface area contributed by atoms with Gasteiger partial charge in [-0.2, -0.15) is 0 Å². The first-order valence-corrected chi connectivity index (χ1v) is 11.9. The van der Waals surface area contributed by atoms with Crippen molar-refractivity contribution in [2.75, 3.05) is 26.3 Å². The van der Waals surface area contributed by atoms with Crippen LogP contribution in [0.5, 0.6) is 11.5 Å². The van der Waals surface area contributed by atoms with E-state index in [1.807, 2.05) is 0 Å². The van der Waals surface area contributed by atoms with E-state index in [4.69, 9.17) is 14.3 Å². The minimum absolute atomic E-state index is 0.00199. The fraction of sp³-hybridized carbons (Fsp3) is 0.346. The van der Waals surface area contributed by atoms with Crippen molar-refractivity contribution in [1.29, 1.82) is 0 Å². The predicted octanol–water partition coefficient (Wildman–Crippen LogP) is 2.17. The van der Waals surface area contributed by atoms with Crippen molar-refractivity contribution >= 4 is 29.2 Å². The quantitative estimate of drug-likeness (QED) is 0.416. The second kappa shape index (κ2) is 11.5. The predicted molar refractivity (Wildman–Crippen MR) is 130 cm³/mol. The molecule has 0 saturated carbocycles. The van der Waals surface area contributed by atoms with E-state index in [9.17, 15) is 28.3 Å². The van der Waals surface area contributed by atoms with Crippen molar-refractivity contribution in [3.63, 3.8) is 0 Å². The summed E-state index contributed by atoms with van der Waals surface area (Å²) in [6.07, 6.45) is 1.21. The number of fused-ring (bicyclic) bond motifs is 3. The van der Waals surface area contributed by atoms with Crippen LogP contribution in [0.25, 0.3) is 11.0 Å². The molecule has 5 rings (SSSR count). The maximum Gasteiger partial charge on any atom is 0.294 e. The van der Waals surface area contributed by atoms with Gasteiger partial charge >= 0.3 is 0 Å². The zero-order valence-corrected chi connectivity index (χ0v) is 20.5. The summed E-state index contributed by atoms with van der Waals surface area (Å²) in [4.78, 5) is 38.3. The summed E-state index contributed by atoms with van der Waals surface area (Å²) in [7, 11) is 0. The molecule has 1 fully saturated rings. The molecule has 3 amide bonds. The Morgan fingerprint density at radius 1 is 1.26 bits per heavy atom. The average molecular weight is 532 g/mol. The fourth-order valence-corrected chi connectivity index (χ4v) is 4.24. The lowest BCUT2D eigenvalue weighted by atomic mass is 10.0. The Labute approximate surface area is 216 Å². The molecule has 3 N–H and O–H groups in total. The number of benzene rings is 2. The number of phenols is 1. The number of rotatable bonds is 6. The molecule has 2 aliphatic heterocycles. The van der Waals surface area contributed by atoms with Gasteiger partial charge in [0.15, 0.2) is 5.75 Å². The van der Waals surface area contributed by atoms with Crippen LogP contribution in [-0.4, -0.2) is 76.6 Å². The molecule has 1 aromatic heterocycles. The molecule has 3 heterocycles. The van der Waals surface area contributed by atoms with Gasteiger partial charge in [0.25, 0.3) is 5.91 Å². The molecule has 0 radical (unpaired) electrons. The number of aliphatic hydroxyl groups is 1. The van der Waals surface area contributed by atoms with E-state index >= 15 is 0 Å². The van der Waals surface area contributed by atoms with Gasteiger partial charge in [-0.3, -0.25) is 14.4 Å². The largest absolute Gasteiger partial charge is 0.507 e. The molecule has 38 heavy (non-hydrogen) atoms. The number of phenolic OH excluding ortho intramolecular Hbond substituents is 1. The Hall–Kier alpha value is -4.19. The normalized spacial score (nSPS) is 18.5. The summed E-state index contributed by atoms with van der Waals surface area (Å²) < 4.78 is 37.7. The van der Waals surface area contributed by atoms with Crippen molar-refractivity contribution in [1.82, 2.24) is 15.1 Å². The summed E-state index contributed by atoms with van der Waals surface area (Å²) in [5.74, 6) is -1.62. The number of furan rings is 1. The number of aliphatic hydroxyl groups excluding tert-OH is 1. The van der Waals surface area contributed by atoms with Gasteiger partial charge in [0.05, 0.1) is 24.1 Å². The first kappa shape index (κ1) is 26.9. The second-order valence-corrected chi connectivity index (χ2v) is 8.94. The molecule has 2 aromatic carbocycles.